The maximum atomic E-state index is 12.1. The molecule has 1 aromatic heterocycles. The lowest BCUT2D eigenvalue weighted by Gasteiger charge is -2.17. The Morgan fingerprint density at radius 3 is 2.83 bits per heavy atom. The molecule has 1 unspecified atom stereocenters. The van der Waals surface area contributed by atoms with E-state index in [0.717, 1.165) is 10.0 Å². The fourth-order valence-corrected chi connectivity index (χ4v) is 2.41. The normalized spacial score (nSPS) is 12.1. The van der Waals surface area contributed by atoms with E-state index >= 15 is 0 Å². The molecule has 0 spiro atoms. The first-order valence-corrected chi connectivity index (χ1v) is 7.72. The molecule has 0 saturated heterocycles. The van der Waals surface area contributed by atoms with Gasteiger partial charge in [0.25, 0.3) is 0 Å². The Morgan fingerprint density at radius 1 is 1.35 bits per heavy atom. The van der Waals surface area contributed by atoms with E-state index in [1.165, 1.54) is 19.4 Å². The second kappa shape index (κ2) is 8.33. The van der Waals surface area contributed by atoms with Crippen molar-refractivity contribution in [1.29, 1.82) is 0 Å². The molecule has 0 aliphatic carbocycles. The number of benzene rings is 1. The highest BCUT2D eigenvalue weighted by molar-refractivity contribution is 9.10. The zero-order valence-corrected chi connectivity index (χ0v) is 14.1. The van der Waals surface area contributed by atoms with Crippen LogP contribution in [0.1, 0.15) is 23.8 Å². The summed E-state index contributed by atoms with van der Waals surface area (Å²) >= 11 is 3.38. The van der Waals surface area contributed by atoms with Crippen molar-refractivity contribution in [2.75, 3.05) is 7.11 Å². The van der Waals surface area contributed by atoms with Crippen molar-refractivity contribution in [1.82, 2.24) is 5.32 Å². The van der Waals surface area contributed by atoms with E-state index in [2.05, 4.69) is 21.2 Å². The van der Waals surface area contributed by atoms with Gasteiger partial charge in [-0.3, -0.25) is 9.59 Å². The molecule has 23 heavy (non-hydrogen) atoms. The van der Waals surface area contributed by atoms with Crippen LogP contribution < -0.4 is 5.32 Å². The molecule has 1 amide bonds. The van der Waals surface area contributed by atoms with Gasteiger partial charge >= 0.3 is 5.97 Å². The molecule has 1 atom stereocenters. The number of ether oxygens (including phenoxy) is 1. The lowest BCUT2D eigenvalue weighted by atomic mass is 10.0. The minimum atomic E-state index is -0.478. The van der Waals surface area contributed by atoms with Crippen LogP contribution in [-0.2, 0) is 14.3 Å². The summed E-state index contributed by atoms with van der Waals surface area (Å²) in [5.41, 5.74) is 0.810. The maximum Gasteiger partial charge on any atom is 0.307 e. The minimum Gasteiger partial charge on any atom is -0.469 e. The SMILES string of the molecule is COC(=O)CC(NC(=O)C=Cc1ccco1)c1cccc(Br)c1. The molecule has 0 aliphatic rings. The van der Waals surface area contributed by atoms with Crippen LogP contribution in [0.2, 0.25) is 0 Å². The van der Waals surface area contributed by atoms with Gasteiger partial charge in [0.15, 0.2) is 0 Å². The summed E-state index contributed by atoms with van der Waals surface area (Å²) < 4.78 is 10.7. The number of rotatable bonds is 6. The highest BCUT2D eigenvalue weighted by Gasteiger charge is 2.18. The Balaban J connectivity index is 2.10. The van der Waals surface area contributed by atoms with Gasteiger partial charge in [0.2, 0.25) is 5.91 Å². The smallest absolute Gasteiger partial charge is 0.307 e. The first-order chi connectivity index (χ1) is 11.1. The first-order valence-electron chi connectivity index (χ1n) is 6.93. The molecule has 0 fully saturated rings. The van der Waals surface area contributed by atoms with Crippen molar-refractivity contribution in [3.05, 3.63) is 64.5 Å². The van der Waals surface area contributed by atoms with Crippen LogP contribution in [-0.4, -0.2) is 19.0 Å². The minimum absolute atomic E-state index is 0.0489. The molecule has 0 aliphatic heterocycles. The number of hydrogen-bond donors (Lipinski definition) is 1. The highest BCUT2D eigenvalue weighted by Crippen LogP contribution is 2.21. The van der Waals surface area contributed by atoms with E-state index in [-0.39, 0.29) is 12.3 Å². The summed E-state index contributed by atoms with van der Waals surface area (Å²) in [5, 5.41) is 2.80. The van der Waals surface area contributed by atoms with Crippen LogP contribution in [0.5, 0.6) is 0 Å². The molecule has 2 aromatic rings. The zero-order chi connectivity index (χ0) is 16.7. The molecule has 1 N–H and O–H groups in total. The summed E-state index contributed by atoms with van der Waals surface area (Å²) in [6.45, 7) is 0. The number of nitrogens with one attached hydrogen (secondary N) is 1. The van der Waals surface area contributed by atoms with Gasteiger partial charge in [-0.05, 0) is 35.9 Å². The van der Waals surface area contributed by atoms with Crippen molar-refractivity contribution < 1.29 is 18.7 Å². The Hall–Kier alpha value is -2.34. The summed E-state index contributed by atoms with van der Waals surface area (Å²) in [7, 11) is 1.32. The van der Waals surface area contributed by atoms with E-state index < -0.39 is 12.0 Å². The van der Waals surface area contributed by atoms with E-state index in [0.29, 0.717) is 5.76 Å². The monoisotopic (exact) mass is 377 g/mol. The second-order valence-electron chi connectivity index (χ2n) is 4.75. The number of halogens is 1. The van der Waals surface area contributed by atoms with Crippen LogP contribution in [0.25, 0.3) is 6.08 Å². The Bertz CT molecular complexity index is 694. The van der Waals surface area contributed by atoms with Gasteiger partial charge < -0.3 is 14.5 Å². The standard InChI is InChI=1S/C17H16BrNO4/c1-22-17(21)11-15(12-4-2-5-13(18)10-12)19-16(20)8-7-14-6-3-9-23-14/h2-10,15H,11H2,1H3,(H,19,20). The number of methoxy groups -OCH3 is 1. The van der Waals surface area contributed by atoms with E-state index in [4.69, 9.17) is 9.15 Å². The van der Waals surface area contributed by atoms with E-state index in [9.17, 15) is 9.59 Å². The van der Waals surface area contributed by atoms with Crippen LogP contribution in [0, 0.1) is 0 Å². The molecule has 0 saturated carbocycles. The van der Waals surface area contributed by atoms with Crippen LogP contribution >= 0.6 is 15.9 Å². The number of hydrogen-bond acceptors (Lipinski definition) is 4. The van der Waals surface area contributed by atoms with Crippen LogP contribution in [0.15, 0.2) is 57.6 Å². The molecule has 0 bridgehead atoms. The third-order valence-corrected chi connectivity index (χ3v) is 3.60. The second-order valence-corrected chi connectivity index (χ2v) is 5.66. The van der Waals surface area contributed by atoms with Crippen molar-refractivity contribution >= 4 is 33.9 Å². The fraction of sp³-hybridized carbons (Fsp3) is 0.176. The number of carbonyl (C=O) groups is 2. The Labute approximate surface area is 142 Å². The molecule has 5 nitrogen and oxygen atoms in total. The van der Waals surface area contributed by atoms with Gasteiger partial charge in [-0.2, -0.15) is 0 Å². The molecular formula is C17H16BrNO4. The Morgan fingerprint density at radius 2 is 2.17 bits per heavy atom. The van der Waals surface area contributed by atoms with Gasteiger partial charge in [-0.1, -0.05) is 28.1 Å². The average Bonchev–Trinajstić information content (AvgIpc) is 3.05. The van der Waals surface area contributed by atoms with E-state index in [1.54, 1.807) is 18.2 Å². The summed E-state index contributed by atoms with van der Waals surface area (Å²) in [4.78, 5) is 23.7. The molecule has 2 rings (SSSR count). The lowest BCUT2D eigenvalue weighted by Crippen LogP contribution is -2.29. The molecule has 6 heteroatoms. The van der Waals surface area contributed by atoms with Gasteiger partial charge in [-0.15, -0.1) is 0 Å². The Kier molecular flexibility index (Phi) is 6.17. The summed E-state index contributed by atoms with van der Waals surface area (Å²) in [6, 6.07) is 10.4. The predicted molar refractivity (Wildman–Crippen MR) is 89.4 cm³/mol. The molecule has 120 valence electrons. The van der Waals surface area contributed by atoms with Crippen molar-refractivity contribution in [3.63, 3.8) is 0 Å². The summed E-state index contributed by atoms with van der Waals surface area (Å²) in [5.74, 6) is -0.146. The number of esters is 1. The molecule has 0 radical (unpaired) electrons. The fourth-order valence-electron chi connectivity index (χ4n) is 1.99. The number of furan rings is 1. The van der Waals surface area contributed by atoms with Gasteiger partial charge in [0, 0.05) is 10.5 Å². The maximum absolute atomic E-state index is 12.1. The van der Waals surface area contributed by atoms with Gasteiger partial charge in [-0.25, -0.2) is 0 Å². The summed E-state index contributed by atoms with van der Waals surface area (Å²) in [6.07, 6.45) is 4.50. The van der Waals surface area contributed by atoms with Crippen molar-refractivity contribution in [2.24, 2.45) is 0 Å². The molecule has 1 heterocycles. The van der Waals surface area contributed by atoms with Crippen LogP contribution in [0.3, 0.4) is 0 Å². The van der Waals surface area contributed by atoms with Crippen LogP contribution in [0.4, 0.5) is 0 Å². The van der Waals surface area contributed by atoms with Gasteiger partial charge in [0.1, 0.15) is 5.76 Å². The zero-order valence-electron chi connectivity index (χ0n) is 12.5. The topological polar surface area (TPSA) is 68.5 Å². The highest BCUT2D eigenvalue weighted by atomic mass is 79.9. The third kappa shape index (κ3) is 5.41. The average molecular weight is 378 g/mol. The third-order valence-electron chi connectivity index (χ3n) is 3.11. The molecular weight excluding hydrogens is 362 g/mol. The van der Waals surface area contributed by atoms with Crippen molar-refractivity contribution in [3.8, 4) is 0 Å². The number of amides is 1. The molecule has 1 aromatic carbocycles. The van der Waals surface area contributed by atoms with Crippen molar-refractivity contribution in [2.45, 2.75) is 12.5 Å². The first kappa shape index (κ1) is 17.0. The number of carbonyl (C=O) groups excluding carboxylic acids is 2. The van der Waals surface area contributed by atoms with E-state index in [1.807, 2.05) is 24.3 Å². The largest absolute Gasteiger partial charge is 0.469 e. The predicted octanol–water partition coefficient (Wildman–Crippen LogP) is 3.48. The lowest BCUT2D eigenvalue weighted by molar-refractivity contribution is -0.141. The quantitative estimate of drug-likeness (QED) is 0.617. The van der Waals surface area contributed by atoms with Gasteiger partial charge in [0.05, 0.1) is 25.8 Å².